The minimum Gasteiger partial charge on any atom is -0.443 e. The number of nitrogens with one attached hydrogen (secondary N) is 2. The van der Waals surface area contributed by atoms with E-state index >= 15 is 0 Å². The topological polar surface area (TPSA) is 80.3 Å². The van der Waals surface area contributed by atoms with E-state index in [0.717, 1.165) is 31.2 Å². The van der Waals surface area contributed by atoms with E-state index in [1.54, 1.807) is 19.4 Å². The third kappa shape index (κ3) is 5.43. The average Bonchev–Trinajstić information content (AvgIpc) is 3.17. The predicted octanol–water partition coefficient (Wildman–Crippen LogP) is 1.92. The van der Waals surface area contributed by atoms with Crippen molar-refractivity contribution >= 4 is 5.96 Å². The summed E-state index contributed by atoms with van der Waals surface area (Å²) in [5.74, 6) is 2.28. The molecule has 0 bridgehead atoms. The first-order chi connectivity index (χ1) is 11.0. The molecule has 2 rings (SSSR count). The van der Waals surface area contributed by atoms with Crippen molar-refractivity contribution in [3.8, 4) is 0 Å². The molecule has 126 valence electrons. The van der Waals surface area contributed by atoms with Crippen LogP contribution >= 0.6 is 0 Å². The zero-order chi connectivity index (χ0) is 16.7. The van der Waals surface area contributed by atoms with Gasteiger partial charge in [-0.25, -0.2) is 4.98 Å². The van der Waals surface area contributed by atoms with Crippen LogP contribution in [0, 0.1) is 0 Å². The molecule has 0 aromatic carbocycles. The van der Waals surface area contributed by atoms with Crippen LogP contribution in [0.5, 0.6) is 0 Å². The first-order valence-corrected chi connectivity index (χ1v) is 7.86. The first kappa shape index (κ1) is 17.1. The van der Waals surface area contributed by atoms with Crippen LogP contribution in [0.15, 0.2) is 34.1 Å². The van der Waals surface area contributed by atoms with Gasteiger partial charge in [-0.15, -0.1) is 0 Å². The van der Waals surface area contributed by atoms with Gasteiger partial charge in [0, 0.05) is 37.9 Å². The van der Waals surface area contributed by atoms with Gasteiger partial charge in [0.15, 0.2) is 5.96 Å². The zero-order valence-corrected chi connectivity index (χ0v) is 14.3. The van der Waals surface area contributed by atoms with Crippen molar-refractivity contribution < 1.29 is 4.42 Å². The Kier molecular flexibility index (Phi) is 5.78. The average molecular weight is 318 g/mol. The van der Waals surface area contributed by atoms with Crippen molar-refractivity contribution in [1.29, 1.82) is 0 Å². The molecule has 0 unspecified atom stereocenters. The summed E-state index contributed by atoms with van der Waals surface area (Å²) >= 11 is 0. The number of guanidine groups is 1. The third-order valence-electron chi connectivity index (χ3n) is 3.34. The monoisotopic (exact) mass is 318 g/mol. The smallest absolute Gasteiger partial charge is 0.213 e. The number of rotatable bonds is 6. The lowest BCUT2D eigenvalue weighted by molar-refractivity contribution is 0.379. The molecule has 0 aliphatic heterocycles. The molecular weight excluding hydrogens is 292 g/mol. The highest BCUT2D eigenvalue weighted by Crippen LogP contribution is 2.22. The minimum absolute atomic E-state index is 0.0301. The highest BCUT2D eigenvalue weighted by molar-refractivity contribution is 5.79. The lowest BCUT2D eigenvalue weighted by atomic mass is 9.94. The van der Waals surface area contributed by atoms with E-state index in [9.17, 15) is 0 Å². The summed E-state index contributed by atoms with van der Waals surface area (Å²) in [5.41, 5.74) is -0.0301. The maximum absolute atomic E-state index is 5.75. The SMILES string of the molecule is CN=C(NCCCn1cccn1)NCc1ncc(C(C)(C)C)o1. The van der Waals surface area contributed by atoms with Crippen LogP contribution in [0.1, 0.15) is 38.8 Å². The van der Waals surface area contributed by atoms with Crippen molar-refractivity contribution in [2.45, 2.75) is 45.7 Å². The van der Waals surface area contributed by atoms with Crippen LogP contribution in [0.25, 0.3) is 0 Å². The van der Waals surface area contributed by atoms with Crippen molar-refractivity contribution in [3.63, 3.8) is 0 Å². The highest BCUT2D eigenvalue weighted by Gasteiger charge is 2.19. The van der Waals surface area contributed by atoms with Crippen molar-refractivity contribution in [3.05, 3.63) is 36.3 Å². The van der Waals surface area contributed by atoms with Crippen molar-refractivity contribution in [1.82, 2.24) is 25.4 Å². The molecule has 7 heteroatoms. The van der Waals surface area contributed by atoms with Crippen molar-refractivity contribution in [2.75, 3.05) is 13.6 Å². The molecule has 0 atom stereocenters. The molecule has 2 N–H and O–H groups in total. The van der Waals surface area contributed by atoms with Crippen LogP contribution in [0.3, 0.4) is 0 Å². The fourth-order valence-corrected chi connectivity index (χ4v) is 2.00. The second-order valence-corrected chi connectivity index (χ2v) is 6.34. The number of nitrogens with zero attached hydrogens (tertiary/aromatic N) is 4. The molecule has 0 radical (unpaired) electrons. The van der Waals surface area contributed by atoms with Gasteiger partial charge < -0.3 is 15.1 Å². The summed E-state index contributed by atoms with van der Waals surface area (Å²) < 4.78 is 7.66. The maximum atomic E-state index is 5.75. The van der Waals surface area contributed by atoms with Gasteiger partial charge in [-0.3, -0.25) is 9.67 Å². The Balaban J connectivity index is 1.71. The van der Waals surface area contributed by atoms with Crippen LogP contribution in [-0.2, 0) is 18.5 Å². The Bertz CT molecular complexity index is 609. The van der Waals surface area contributed by atoms with Crippen molar-refractivity contribution in [2.24, 2.45) is 4.99 Å². The molecule has 23 heavy (non-hydrogen) atoms. The van der Waals surface area contributed by atoms with E-state index in [0.29, 0.717) is 12.4 Å². The molecule has 2 aromatic heterocycles. The van der Waals surface area contributed by atoms with Gasteiger partial charge in [0.05, 0.1) is 12.7 Å². The summed E-state index contributed by atoms with van der Waals surface area (Å²) in [4.78, 5) is 8.49. The van der Waals surface area contributed by atoms with Gasteiger partial charge in [-0.05, 0) is 12.5 Å². The van der Waals surface area contributed by atoms with Gasteiger partial charge in [-0.2, -0.15) is 5.10 Å². The Morgan fingerprint density at radius 2 is 2.17 bits per heavy atom. The van der Waals surface area contributed by atoms with Gasteiger partial charge in [-0.1, -0.05) is 20.8 Å². The molecule has 7 nitrogen and oxygen atoms in total. The van der Waals surface area contributed by atoms with E-state index in [1.165, 1.54) is 0 Å². The summed E-state index contributed by atoms with van der Waals surface area (Å²) in [6, 6.07) is 1.93. The molecule has 0 aliphatic rings. The number of hydrogen-bond donors (Lipinski definition) is 2. The van der Waals surface area contributed by atoms with Gasteiger partial charge in [0.1, 0.15) is 5.76 Å². The van der Waals surface area contributed by atoms with E-state index in [4.69, 9.17) is 4.42 Å². The zero-order valence-electron chi connectivity index (χ0n) is 14.3. The molecule has 0 fully saturated rings. The largest absolute Gasteiger partial charge is 0.443 e. The fourth-order valence-electron chi connectivity index (χ4n) is 2.00. The predicted molar refractivity (Wildman–Crippen MR) is 90.2 cm³/mol. The van der Waals surface area contributed by atoms with E-state index in [1.807, 2.05) is 16.9 Å². The molecular formula is C16H26N6O. The fraction of sp³-hybridized carbons (Fsp3) is 0.562. The highest BCUT2D eigenvalue weighted by atomic mass is 16.4. The molecule has 2 aromatic rings. The normalized spacial score (nSPS) is 12.4. The van der Waals surface area contributed by atoms with E-state index in [-0.39, 0.29) is 5.41 Å². The quantitative estimate of drug-likeness (QED) is 0.483. The van der Waals surface area contributed by atoms with E-state index < -0.39 is 0 Å². The lowest BCUT2D eigenvalue weighted by Gasteiger charge is -2.13. The van der Waals surface area contributed by atoms with Gasteiger partial charge >= 0.3 is 0 Å². The summed E-state index contributed by atoms with van der Waals surface area (Å²) in [7, 11) is 1.75. The van der Waals surface area contributed by atoms with Crippen LogP contribution in [0.4, 0.5) is 0 Å². The van der Waals surface area contributed by atoms with E-state index in [2.05, 4.69) is 46.5 Å². The Hall–Kier alpha value is -2.31. The number of aliphatic imine (C=N–C) groups is 1. The number of oxazole rings is 1. The van der Waals surface area contributed by atoms with Crippen LogP contribution in [0.2, 0.25) is 0 Å². The molecule has 0 aliphatic carbocycles. The molecule has 2 heterocycles. The number of aryl methyl sites for hydroxylation is 1. The maximum Gasteiger partial charge on any atom is 0.213 e. The lowest BCUT2D eigenvalue weighted by Crippen LogP contribution is -2.37. The molecule has 0 amide bonds. The summed E-state index contributed by atoms with van der Waals surface area (Å²) in [6.45, 7) is 8.51. The molecule has 0 spiro atoms. The Morgan fingerprint density at radius 1 is 1.35 bits per heavy atom. The van der Waals surface area contributed by atoms with Gasteiger partial charge in [0.25, 0.3) is 0 Å². The minimum atomic E-state index is -0.0301. The molecule has 0 saturated carbocycles. The summed E-state index contributed by atoms with van der Waals surface area (Å²) in [6.07, 6.45) is 6.51. The Labute approximate surface area is 137 Å². The van der Waals surface area contributed by atoms with Crippen LogP contribution in [-0.4, -0.2) is 34.3 Å². The second kappa shape index (κ2) is 7.80. The first-order valence-electron chi connectivity index (χ1n) is 7.86. The summed E-state index contributed by atoms with van der Waals surface area (Å²) in [5, 5.41) is 10.6. The third-order valence-corrected chi connectivity index (χ3v) is 3.34. The Morgan fingerprint density at radius 3 is 2.78 bits per heavy atom. The number of aromatic nitrogens is 3. The molecule has 0 saturated heterocycles. The van der Waals surface area contributed by atoms with Gasteiger partial charge in [0.2, 0.25) is 5.89 Å². The second-order valence-electron chi connectivity index (χ2n) is 6.34. The standard InChI is InChI=1S/C16H26N6O/c1-16(2,3)13-11-19-14(23-13)12-20-15(17-4)18-7-5-9-22-10-6-8-21-22/h6,8,10-11H,5,7,9,12H2,1-4H3,(H2,17,18,20). The van der Waals surface area contributed by atoms with Crippen LogP contribution < -0.4 is 10.6 Å². The number of hydrogen-bond acceptors (Lipinski definition) is 4.